The number of carbonyl (C=O) groups excluding carboxylic acids is 1. The van der Waals surface area contributed by atoms with Crippen molar-refractivity contribution in [2.45, 2.75) is 18.7 Å². The van der Waals surface area contributed by atoms with Crippen molar-refractivity contribution in [1.29, 1.82) is 0 Å². The van der Waals surface area contributed by atoms with Gasteiger partial charge < -0.3 is 14.3 Å². The van der Waals surface area contributed by atoms with E-state index in [-0.39, 0.29) is 12.5 Å². The maximum atomic E-state index is 13.1. The fourth-order valence-electron chi connectivity index (χ4n) is 3.25. The molecule has 0 spiro atoms. The Labute approximate surface area is 169 Å². The number of amides is 1. The van der Waals surface area contributed by atoms with Crippen LogP contribution in [0.4, 0.5) is 0 Å². The fourth-order valence-corrected chi connectivity index (χ4v) is 5.69. The van der Waals surface area contributed by atoms with Gasteiger partial charge in [-0.05, 0) is 42.0 Å². The Bertz CT molecular complexity index is 1100. The molecular weight excluding hydrogens is 394 g/mol. The van der Waals surface area contributed by atoms with Crippen LogP contribution in [0.15, 0.2) is 47.3 Å². The van der Waals surface area contributed by atoms with Crippen LogP contribution in [0, 0.1) is 0 Å². The van der Waals surface area contributed by atoms with Crippen molar-refractivity contribution in [2.75, 3.05) is 5.75 Å². The van der Waals surface area contributed by atoms with E-state index in [9.17, 15) is 4.79 Å². The van der Waals surface area contributed by atoms with Crippen LogP contribution in [-0.4, -0.2) is 31.4 Å². The molecule has 1 aliphatic rings. The molecule has 4 aromatic heterocycles. The van der Waals surface area contributed by atoms with Crippen LogP contribution in [0.3, 0.4) is 0 Å². The number of H-pyrrole nitrogens is 1. The molecule has 142 valence electrons. The van der Waals surface area contributed by atoms with E-state index in [1.807, 2.05) is 40.9 Å². The first-order valence-electron chi connectivity index (χ1n) is 8.88. The standard InChI is InChI=1S/C19H17N5O2S2/c25-18(20-10-15-21-17(23-22-15)13-4-3-8-26-13)16-12-5-9-27-11-14(12)28-19(16)24-6-1-2-7-24/h1-4,6-8H,5,9-11H2,(H,20,25)(H,21,22,23). The van der Waals surface area contributed by atoms with Gasteiger partial charge in [-0.25, -0.2) is 4.98 Å². The third-order valence-corrected chi connectivity index (χ3v) is 6.97. The first-order valence-corrected chi connectivity index (χ1v) is 10.9. The van der Waals surface area contributed by atoms with Crippen molar-refractivity contribution in [3.63, 3.8) is 0 Å². The van der Waals surface area contributed by atoms with Gasteiger partial charge in [0, 0.05) is 23.0 Å². The van der Waals surface area contributed by atoms with Crippen LogP contribution in [0.1, 0.15) is 26.6 Å². The molecule has 1 amide bonds. The summed E-state index contributed by atoms with van der Waals surface area (Å²) in [6.45, 7) is 0.275. The molecule has 0 unspecified atom stereocenters. The Hall–Kier alpha value is -2.78. The highest BCUT2D eigenvalue weighted by molar-refractivity contribution is 7.98. The van der Waals surface area contributed by atoms with Crippen LogP contribution in [-0.2, 0) is 18.7 Å². The van der Waals surface area contributed by atoms with E-state index >= 15 is 0 Å². The number of hydrogen-bond acceptors (Lipinski definition) is 6. The van der Waals surface area contributed by atoms with Crippen LogP contribution < -0.4 is 5.32 Å². The molecule has 0 saturated heterocycles. The topological polar surface area (TPSA) is 88.7 Å². The summed E-state index contributed by atoms with van der Waals surface area (Å²) in [6.07, 6.45) is 6.46. The zero-order valence-corrected chi connectivity index (χ0v) is 16.5. The molecule has 5 heterocycles. The number of carbonyl (C=O) groups is 1. The number of furan rings is 1. The number of fused-ring (bicyclic) bond motifs is 1. The van der Waals surface area contributed by atoms with E-state index in [1.54, 1.807) is 29.7 Å². The Kier molecular flexibility index (Phi) is 4.53. The number of hydrogen-bond donors (Lipinski definition) is 2. The predicted octanol–water partition coefficient (Wildman–Crippen LogP) is 3.64. The number of aromatic amines is 1. The summed E-state index contributed by atoms with van der Waals surface area (Å²) >= 11 is 3.62. The van der Waals surface area contributed by atoms with Gasteiger partial charge in [0.1, 0.15) is 10.8 Å². The number of thioether (sulfide) groups is 1. The maximum Gasteiger partial charge on any atom is 0.254 e. The molecular formula is C19H17N5O2S2. The van der Waals surface area contributed by atoms with E-state index in [1.165, 1.54) is 10.4 Å². The number of nitrogens with one attached hydrogen (secondary N) is 2. The number of aromatic nitrogens is 4. The van der Waals surface area contributed by atoms with Crippen molar-refractivity contribution in [3.8, 4) is 16.6 Å². The van der Waals surface area contributed by atoms with Gasteiger partial charge in [0.15, 0.2) is 5.76 Å². The Morgan fingerprint density at radius 3 is 3.04 bits per heavy atom. The molecule has 0 aliphatic carbocycles. The average Bonchev–Trinajstić information content (AvgIpc) is 3.51. The zero-order chi connectivity index (χ0) is 18.9. The molecule has 2 N–H and O–H groups in total. The van der Waals surface area contributed by atoms with Crippen molar-refractivity contribution in [3.05, 3.63) is 64.8 Å². The van der Waals surface area contributed by atoms with Crippen LogP contribution in [0.5, 0.6) is 0 Å². The largest absolute Gasteiger partial charge is 0.461 e. The van der Waals surface area contributed by atoms with Crippen LogP contribution in [0.2, 0.25) is 0 Å². The smallest absolute Gasteiger partial charge is 0.254 e. The lowest BCUT2D eigenvalue weighted by Crippen LogP contribution is -2.25. The Morgan fingerprint density at radius 2 is 2.21 bits per heavy atom. The Morgan fingerprint density at radius 1 is 1.32 bits per heavy atom. The van der Waals surface area contributed by atoms with E-state index in [0.717, 1.165) is 28.5 Å². The average molecular weight is 412 g/mol. The van der Waals surface area contributed by atoms with Gasteiger partial charge in [-0.3, -0.25) is 9.89 Å². The minimum Gasteiger partial charge on any atom is -0.461 e. The van der Waals surface area contributed by atoms with Gasteiger partial charge in [0.05, 0.1) is 18.4 Å². The quantitative estimate of drug-likeness (QED) is 0.523. The molecule has 0 fully saturated rings. The molecule has 7 nitrogen and oxygen atoms in total. The maximum absolute atomic E-state index is 13.1. The monoisotopic (exact) mass is 411 g/mol. The summed E-state index contributed by atoms with van der Waals surface area (Å²) in [5.41, 5.74) is 1.96. The summed E-state index contributed by atoms with van der Waals surface area (Å²) in [4.78, 5) is 18.8. The second-order valence-corrected chi connectivity index (χ2v) is 8.53. The molecule has 0 radical (unpaired) electrons. The third-order valence-electron chi connectivity index (χ3n) is 4.56. The van der Waals surface area contributed by atoms with Crippen molar-refractivity contribution >= 4 is 29.0 Å². The lowest BCUT2D eigenvalue weighted by atomic mass is 10.1. The normalized spacial score (nSPS) is 13.4. The molecule has 4 aromatic rings. The summed E-state index contributed by atoms with van der Waals surface area (Å²) in [6, 6.07) is 7.53. The number of rotatable bonds is 5. The van der Waals surface area contributed by atoms with Crippen molar-refractivity contribution < 1.29 is 9.21 Å². The first kappa shape index (κ1) is 17.3. The van der Waals surface area contributed by atoms with E-state index in [0.29, 0.717) is 17.4 Å². The third kappa shape index (κ3) is 3.16. The number of thiophene rings is 1. The fraction of sp³-hybridized carbons (Fsp3) is 0.211. The number of nitrogens with zero attached hydrogens (tertiary/aromatic N) is 3. The molecule has 5 rings (SSSR count). The Balaban J connectivity index is 1.39. The zero-order valence-electron chi connectivity index (χ0n) is 14.8. The highest BCUT2D eigenvalue weighted by Crippen LogP contribution is 2.38. The summed E-state index contributed by atoms with van der Waals surface area (Å²) in [5.74, 6) is 3.59. The van der Waals surface area contributed by atoms with Crippen molar-refractivity contribution in [1.82, 2.24) is 25.1 Å². The van der Waals surface area contributed by atoms with Crippen LogP contribution in [0.25, 0.3) is 16.6 Å². The second kappa shape index (κ2) is 7.33. The minimum atomic E-state index is -0.0796. The van der Waals surface area contributed by atoms with Crippen molar-refractivity contribution in [2.24, 2.45) is 0 Å². The van der Waals surface area contributed by atoms with Gasteiger partial charge >= 0.3 is 0 Å². The van der Waals surface area contributed by atoms with E-state index in [2.05, 4.69) is 20.5 Å². The van der Waals surface area contributed by atoms with Crippen LogP contribution >= 0.6 is 23.1 Å². The SMILES string of the molecule is O=C(NCc1nc(-c2ccco2)n[nH]1)c1c(-n2cccc2)sc2c1CCSC2. The van der Waals surface area contributed by atoms with E-state index < -0.39 is 0 Å². The summed E-state index contributed by atoms with van der Waals surface area (Å²) in [5, 5.41) is 11.0. The first-order chi connectivity index (χ1) is 13.8. The second-order valence-electron chi connectivity index (χ2n) is 6.34. The van der Waals surface area contributed by atoms with E-state index in [4.69, 9.17) is 4.42 Å². The lowest BCUT2D eigenvalue weighted by molar-refractivity contribution is 0.0949. The summed E-state index contributed by atoms with van der Waals surface area (Å²) < 4.78 is 7.32. The molecule has 0 atom stereocenters. The van der Waals surface area contributed by atoms with Gasteiger partial charge in [-0.15, -0.1) is 16.4 Å². The molecule has 1 aliphatic heterocycles. The molecule has 0 bridgehead atoms. The highest BCUT2D eigenvalue weighted by atomic mass is 32.2. The minimum absolute atomic E-state index is 0.0796. The lowest BCUT2D eigenvalue weighted by Gasteiger charge is -2.12. The highest BCUT2D eigenvalue weighted by Gasteiger charge is 2.26. The molecule has 0 aromatic carbocycles. The van der Waals surface area contributed by atoms with Gasteiger partial charge in [-0.2, -0.15) is 11.8 Å². The molecule has 0 saturated carbocycles. The van der Waals surface area contributed by atoms with Gasteiger partial charge in [0.2, 0.25) is 5.82 Å². The predicted molar refractivity (Wildman–Crippen MR) is 109 cm³/mol. The summed E-state index contributed by atoms with van der Waals surface area (Å²) in [7, 11) is 0. The van der Waals surface area contributed by atoms with Gasteiger partial charge in [-0.1, -0.05) is 0 Å². The van der Waals surface area contributed by atoms with Gasteiger partial charge in [0.25, 0.3) is 5.91 Å². The molecule has 9 heteroatoms. The molecule has 28 heavy (non-hydrogen) atoms.